The van der Waals surface area contributed by atoms with Crippen LogP contribution in [0.2, 0.25) is 0 Å². The Bertz CT molecular complexity index is 675. The molecule has 1 amide bonds. The minimum atomic E-state index is -0.213. The molecule has 3 unspecified atom stereocenters. The average molecular weight is 355 g/mol. The lowest BCUT2D eigenvalue weighted by Crippen LogP contribution is -2.46. The van der Waals surface area contributed by atoms with Crippen LogP contribution in [0, 0.1) is 5.92 Å². The summed E-state index contributed by atoms with van der Waals surface area (Å²) in [5.74, 6) is 0.598. The maximum absolute atomic E-state index is 13.3. The zero-order chi connectivity index (χ0) is 17.6. The normalized spacial score (nSPS) is 20.1. The lowest BCUT2D eigenvalue weighted by atomic mass is 9.92. The van der Waals surface area contributed by atoms with Gasteiger partial charge in [0.15, 0.2) is 0 Å². The number of thioether (sulfide) groups is 1. The van der Waals surface area contributed by atoms with Gasteiger partial charge >= 0.3 is 0 Å². The Labute approximate surface area is 154 Å². The summed E-state index contributed by atoms with van der Waals surface area (Å²) in [7, 11) is 0. The van der Waals surface area contributed by atoms with Crippen LogP contribution in [0.1, 0.15) is 30.6 Å². The molecular weight excluding hydrogens is 328 g/mol. The molecule has 25 heavy (non-hydrogen) atoms. The van der Waals surface area contributed by atoms with Crippen molar-refractivity contribution in [2.24, 2.45) is 11.7 Å². The summed E-state index contributed by atoms with van der Waals surface area (Å²) in [5, 5.41) is -0.213. The molecule has 3 rings (SSSR count). The second-order valence-corrected chi connectivity index (χ2v) is 7.95. The summed E-state index contributed by atoms with van der Waals surface area (Å²) in [6.45, 7) is 3.65. The zero-order valence-electron chi connectivity index (χ0n) is 14.7. The second-order valence-electron chi connectivity index (χ2n) is 6.77. The number of hydrogen-bond donors (Lipinski definition) is 1. The SMILES string of the molecule is CC(N)C1CCCN(C(=O)C(Sc2ccccc2)c2ccccc2)C1. The molecule has 3 nitrogen and oxygen atoms in total. The highest BCUT2D eigenvalue weighted by molar-refractivity contribution is 8.00. The van der Waals surface area contributed by atoms with Crippen molar-refractivity contribution in [3.63, 3.8) is 0 Å². The van der Waals surface area contributed by atoms with E-state index in [4.69, 9.17) is 5.73 Å². The molecule has 0 radical (unpaired) electrons. The third kappa shape index (κ3) is 4.65. The van der Waals surface area contributed by atoms with Crippen molar-refractivity contribution in [2.45, 2.75) is 36.0 Å². The Morgan fingerprint density at radius 3 is 2.40 bits per heavy atom. The van der Waals surface area contributed by atoms with Crippen LogP contribution in [0.4, 0.5) is 0 Å². The van der Waals surface area contributed by atoms with Crippen LogP contribution in [-0.4, -0.2) is 29.9 Å². The highest BCUT2D eigenvalue weighted by atomic mass is 32.2. The Morgan fingerprint density at radius 2 is 1.76 bits per heavy atom. The Balaban J connectivity index is 1.82. The van der Waals surface area contributed by atoms with Gasteiger partial charge in [-0.1, -0.05) is 48.5 Å². The standard InChI is InChI=1S/C21H26N2OS/c1-16(22)18-11-8-14-23(15-18)21(24)20(17-9-4-2-5-10-17)25-19-12-6-3-7-13-19/h2-7,9-10,12-13,16,18,20H,8,11,14-15,22H2,1H3. The van der Waals surface area contributed by atoms with Crippen LogP contribution >= 0.6 is 11.8 Å². The van der Waals surface area contributed by atoms with Crippen molar-refractivity contribution in [3.8, 4) is 0 Å². The molecule has 2 aromatic carbocycles. The number of carbonyl (C=O) groups is 1. The highest BCUT2D eigenvalue weighted by Crippen LogP contribution is 2.37. The van der Waals surface area contributed by atoms with Gasteiger partial charge in [0.05, 0.1) is 0 Å². The van der Waals surface area contributed by atoms with E-state index in [1.807, 2.05) is 60.4 Å². The Kier molecular flexibility index (Phi) is 6.16. The molecule has 0 saturated carbocycles. The number of nitrogens with zero attached hydrogens (tertiary/aromatic N) is 1. The third-order valence-corrected chi connectivity index (χ3v) is 6.09. The summed E-state index contributed by atoms with van der Waals surface area (Å²) < 4.78 is 0. The molecule has 0 spiro atoms. The summed E-state index contributed by atoms with van der Waals surface area (Å²) in [4.78, 5) is 16.5. The number of rotatable bonds is 5. The van der Waals surface area contributed by atoms with Crippen LogP contribution in [0.15, 0.2) is 65.6 Å². The number of piperidine rings is 1. The van der Waals surface area contributed by atoms with Crippen molar-refractivity contribution >= 4 is 17.7 Å². The molecular formula is C21H26N2OS. The van der Waals surface area contributed by atoms with Gasteiger partial charge in [-0.3, -0.25) is 4.79 Å². The topological polar surface area (TPSA) is 46.3 Å². The molecule has 1 aliphatic rings. The molecule has 1 fully saturated rings. The van der Waals surface area contributed by atoms with E-state index in [1.54, 1.807) is 11.8 Å². The molecule has 1 aliphatic heterocycles. The van der Waals surface area contributed by atoms with Crippen LogP contribution in [0.3, 0.4) is 0 Å². The molecule has 4 heteroatoms. The largest absolute Gasteiger partial charge is 0.341 e. The maximum atomic E-state index is 13.3. The second kappa shape index (κ2) is 8.54. The first-order valence-electron chi connectivity index (χ1n) is 8.96. The van der Waals surface area contributed by atoms with E-state index in [0.29, 0.717) is 5.92 Å². The lowest BCUT2D eigenvalue weighted by molar-refractivity contribution is -0.132. The quantitative estimate of drug-likeness (QED) is 0.822. The van der Waals surface area contributed by atoms with Gasteiger partial charge < -0.3 is 10.6 Å². The first-order chi connectivity index (χ1) is 12.1. The van der Waals surface area contributed by atoms with Gasteiger partial charge in [0.25, 0.3) is 0 Å². The summed E-state index contributed by atoms with van der Waals surface area (Å²) in [6.07, 6.45) is 2.15. The fourth-order valence-corrected chi connectivity index (χ4v) is 4.46. The highest BCUT2D eigenvalue weighted by Gasteiger charge is 2.31. The van der Waals surface area contributed by atoms with E-state index in [2.05, 4.69) is 12.1 Å². The van der Waals surface area contributed by atoms with Crippen molar-refractivity contribution < 1.29 is 4.79 Å². The van der Waals surface area contributed by atoms with Crippen molar-refractivity contribution in [1.29, 1.82) is 0 Å². The third-order valence-electron chi connectivity index (χ3n) is 4.84. The van der Waals surface area contributed by atoms with E-state index < -0.39 is 0 Å². The summed E-state index contributed by atoms with van der Waals surface area (Å²) in [5.41, 5.74) is 7.16. The van der Waals surface area contributed by atoms with Crippen LogP contribution in [0.25, 0.3) is 0 Å². The van der Waals surface area contributed by atoms with Gasteiger partial charge in [-0.2, -0.15) is 0 Å². The number of amides is 1. The van der Waals surface area contributed by atoms with Crippen molar-refractivity contribution in [2.75, 3.05) is 13.1 Å². The fourth-order valence-electron chi connectivity index (χ4n) is 3.33. The van der Waals surface area contributed by atoms with Gasteiger partial charge in [-0.05, 0) is 43.4 Å². The van der Waals surface area contributed by atoms with E-state index in [-0.39, 0.29) is 17.2 Å². The molecule has 2 aromatic rings. The van der Waals surface area contributed by atoms with E-state index >= 15 is 0 Å². The number of hydrogen-bond acceptors (Lipinski definition) is 3. The van der Waals surface area contributed by atoms with Gasteiger partial charge in [0, 0.05) is 24.0 Å². The molecule has 2 N–H and O–H groups in total. The monoisotopic (exact) mass is 354 g/mol. The predicted octanol–water partition coefficient (Wildman–Crippen LogP) is 4.11. The Morgan fingerprint density at radius 1 is 1.12 bits per heavy atom. The number of likely N-dealkylation sites (tertiary alicyclic amines) is 1. The molecule has 3 atom stereocenters. The smallest absolute Gasteiger partial charge is 0.240 e. The van der Waals surface area contributed by atoms with Crippen molar-refractivity contribution in [1.82, 2.24) is 4.90 Å². The van der Waals surface area contributed by atoms with E-state index in [0.717, 1.165) is 36.4 Å². The predicted molar refractivity (Wildman–Crippen MR) is 104 cm³/mol. The molecule has 1 heterocycles. The minimum absolute atomic E-state index is 0.132. The van der Waals surface area contributed by atoms with E-state index in [1.165, 1.54) is 0 Å². The van der Waals surface area contributed by atoms with Crippen LogP contribution < -0.4 is 5.73 Å². The lowest BCUT2D eigenvalue weighted by Gasteiger charge is -2.36. The minimum Gasteiger partial charge on any atom is -0.341 e. The summed E-state index contributed by atoms with van der Waals surface area (Å²) >= 11 is 1.63. The van der Waals surface area contributed by atoms with Gasteiger partial charge in [0.1, 0.15) is 5.25 Å². The van der Waals surface area contributed by atoms with E-state index in [9.17, 15) is 4.79 Å². The molecule has 1 saturated heterocycles. The average Bonchev–Trinajstić information content (AvgIpc) is 2.67. The van der Waals surface area contributed by atoms with Crippen LogP contribution in [-0.2, 0) is 4.79 Å². The number of benzene rings is 2. The number of nitrogens with two attached hydrogens (primary N) is 1. The van der Waals surface area contributed by atoms with Crippen molar-refractivity contribution in [3.05, 3.63) is 66.2 Å². The zero-order valence-corrected chi connectivity index (χ0v) is 15.5. The van der Waals surface area contributed by atoms with Crippen LogP contribution in [0.5, 0.6) is 0 Å². The maximum Gasteiger partial charge on any atom is 0.240 e. The fraction of sp³-hybridized carbons (Fsp3) is 0.381. The first-order valence-corrected chi connectivity index (χ1v) is 9.84. The Hall–Kier alpha value is -1.78. The van der Waals surface area contributed by atoms with Gasteiger partial charge in [-0.15, -0.1) is 11.8 Å². The number of carbonyl (C=O) groups excluding carboxylic acids is 1. The van der Waals surface area contributed by atoms with Gasteiger partial charge in [-0.25, -0.2) is 0 Å². The molecule has 0 bridgehead atoms. The molecule has 0 aliphatic carbocycles. The summed E-state index contributed by atoms with van der Waals surface area (Å²) in [6, 6.07) is 20.4. The molecule has 132 valence electrons. The first kappa shape index (κ1) is 18.0. The van der Waals surface area contributed by atoms with Gasteiger partial charge in [0.2, 0.25) is 5.91 Å². The molecule has 0 aromatic heterocycles.